The SMILES string of the molecule is COc1cc(F)ccc1-c1cccc2c1O[C@@H](CN)CO2. The number of halogens is 1. The largest absolute Gasteiger partial charge is 0.496 e. The fourth-order valence-electron chi connectivity index (χ4n) is 2.35. The van der Waals surface area contributed by atoms with E-state index in [1.165, 1.54) is 19.2 Å². The minimum absolute atomic E-state index is 0.190. The lowest BCUT2D eigenvalue weighted by atomic mass is 10.0. The highest BCUT2D eigenvalue weighted by Gasteiger charge is 2.24. The standard InChI is InChI=1S/C16H16FNO3/c1-19-15-7-10(17)5-6-12(15)13-3-2-4-14-16(13)21-11(8-18)9-20-14/h2-7,11H,8-9,18H2,1H3/t11-/m0/s1. The molecule has 0 bridgehead atoms. The molecule has 1 aliphatic heterocycles. The molecule has 1 aliphatic rings. The Morgan fingerprint density at radius 2 is 2.14 bits per heavy atom. The summed E-state index contributed by atoms with van der Waals surface area (Å²) in [5.74, 6) is 1.37. The van der Waals surface area contributed by atoms with Gasteiger partial charge in [-0.2, -0.15) is 0 Å². The Labute approximate surface area is 122 Å². The van der Waals surface area contributed by atoms with Crippen molar-refractivity contribution in [2.24, 2.45) is 5.73 Å². The maximum Gasteiger partial charge on any atom is 0.169 e. The van der Waals surface area contributed by atoms with Crippen molar-refractivity contribution in [2.75, 3.05) is 20.3 Å². The molecule has 3 rings (SSSR count). The summed E-state index contributed by atoms with van der Waals surface area (Å²) in [6.45, 7) is 0.793. The molecule has 0 spiro atoms. The second-order valence-electron chi connectivity index (χ2n) is 4.76. The number of rotatable bonds is 3. The number of benzene rings is 2. The van der Waals surface area contributed by atoms with Crippen molar-refractivity contribution in [3.8, 4) is 28.4 Å². The van der Waals surface area contributed by atoms with Crippen LogP contribution in [0.3, 0.4) is 0 Å². The smallest absolute Gasteiger partial charge is 0.169 e. The van der Waals surface area contributed by atoms with E-state index >= 15 is 0 Å². The number of hydrogen-bond donors (Lipinski definition) is 1. The number of methoxy groups -OCH3 is 1. The van der Waals surface area contributed by atoms with E-state index in [4.69, 9.17) is 19.9 Å². The van der Waals surface area contributed by atoms with Crippen LogP contribution in [-0.4, -0.2) is 26.4 Å². The topological polar surface area (TPSA) is 53.7 Å². The summed E-state index contributed by atoms with van der Waals surface area (Å²) < 4.78 is 30.2. The van der Waals surface area contributed by atoms with E-state index in [2.05, 4.69) is 0 Å². The van der Waals surface area contributed by atoms with Crippen LogP contribution in [0.4, 0.5) is 4.39 Å². The minimum Gasteiger partial charge on any atom is -0.496 e. The average molecular weight is 289 g/mol. The molecule has 0 radical (unpaired) electrons. The minimum atomic E-state index is -0.350. The molecule has 1 atom stereocenters. The van der Waals surface area contributed by atoms with Crippen LogP contribution < -0.4 is 19.9 Å². The predicted molar refractivity (Wildman–Crippen MR) is 77.4 cm³/mol. The first-order valence-corrected chi connectivity index (χ1v) is 6.69. The number of ether oxygens (including phenoxy) is 3. The second-order valence-corrected chi connectivity index (χ2v) is 4.76. The first-order valence-electron chi connectivity index (χ1n) is 6.69. The number of nitrogens with two attached hydrogens (primary N) is 1. The van der Waals surface area contributed by atoms with Gasteiger partial charge in [0.05, 0.1) is 7.11 Å². The van der Waals surface area contributed by atoms with Crippen molar-refractivity contribution in [1.29, 1.82) is 0 Å². The van der Waals surface area contributed by atoms with Crippen LogP contribution in [0.15, 0.2) is 36.4 Å². The van der Waals surface area contributed by atoms with Gasteiger partial charge in [0.1, 0.15) is 24.3 Å². The highest BCUT2D eigenvalue weighted by atomic mass is 19.1. The van der Waals surface area contributed by atoms with Crippen molar-refractivity contribution < 1.29 is 18.6 Å². The number of para-hydroxylation sites is 1. The lowest BCUT2D eigenvalue weighted by Gasteiger charge is -2.27. The van der Waals surface area contributed by atoms with E-state index in [1.807, 2.05) is 18.2 Å². The van der Waals surface area contributed by atoms with Crippen molar-refractivity contribution in [3.05, 3.63) is 42.2 Å². The third-order valence-electron chi connectivity index (χ3n) is 3.40. The van der Waals surface area contributed by atoms with E-state index in [-0.39, 0.29) is 11.9 Å². The summed E-state index contributed by atoms with van der Waals surface area (Å²) in [6.07, 6.45) is -0.190. The molecule has 21 heavy (non-hydrogen) atoms. The number of hydrogen-bond acceptors (Lipinski definition) is 4. The van der Waals surface area contributed by atoms with Crippen LogP contribution in [0, 0.1) is 5.82 Å². The molecule has 110 valence electrons. The second kappa shape index (κ2) is 5.61. The summed E-state index contributed by atoms with van der Waals surface area (Å²) in [5.41, 5.74) is 7.19. The lowest BCUT2D eigenvalue weighted by Crippen LogP contribution is -2.35. The van der Waals surface area contributed by atoms with E-state index in [0.717, 1.165) is 11.1 Å². The molecule has 0 fully saturated rings. The van der Waals surface area contributed by atoms with Gasteiger partial charge >= 0.3 is 0 Å². The fraction of sp³-hybridized carbons (Fsp3) is 0.250. The summed E-state index contributed by atoms with van der Waals surface area (Å²) >= 11 is 0. The van der Waals surface area contributed by atoms with Gasteiger partial charge in [-0.05, 0) is 18.2 Å². The Bertz CT molecular complexity index is 660. The van der Waals surface area contributed by atoms with Gasteiger partial charge in [0.25, 0.3) is 0 Å². The van der Waals surface area contributed by atoms with E-state index in [0.29, 0.717) is 30.4 Å². The molecule has 4 nitrogen and oxygen atoms in total. The Morgan fingerprint density at radius 1 is 1.29 bits per heavy atom. The Hall–Kier alpha value is -2.27. The zero-order chi connectivity index (χ0) is 14.8. The van der Waals surface area contributed by atoms with Gasteiger partial charge in [0.15, 0.2) is 11.5 Å². The van der Waals surface area contributed by atoms with Crippen LogP contribution in [0.1, 0.15) is 0 Å². The van der Waals surface area contributed by atoms with Gasteiger partial charge in [-0.1, -0.05) is 12.1 Å². The molecule has 0 saturated heterocycles. The van der Waals surface area contributed by atoms with Gasteiger partial charge in [-0.15, -0.1) is 0 Å². The molecule has 2 aromatic rings. The van der Waals surface area contributed by atoms with Crippen molar-refractivity contribution in [2.45, 2.75) is 6.10 Å². The third-order valence-corrected chi connectivity index (χ3v) is 3.40. The van der Waals surface area contributed by atoms with E-state index in [9.17, 15) is 4.39 Å². The summed E-state index contributed by atoms with van der Waals surface area (Å²) in [6, 6.07) is 9.99. The monoisotopic (exact) mass is 289 g/mol. The zero-order valence-corrected chi connectivity index (χ0v) is 11.6. The Balaban J connectivity index is 2.12. The highest BCUT2D eigenvalue weighted by Crippen LogP contribution is 2.43. The molecule has 0 aliphatic carbocycles. The first kappa shape index (κ1) is 13.7. The molecule has 0 saturated carbocycles. The molecule has 5 heteroatoms. The van der Waals surface area contributed by atoms with Gasteiger partial charge in [0.2, 0.25) is 0 Å². The summed E-state index contributed by atoms with van der Waals surface area (Å²) in [7, 11) is 1.51. The van der Waals surface area contributed by atoms with Gasteiger partial charge in [0, 0.05) is 23.7 Å². The lowest BCUT2D eigenvalue weighted by molar-refractivity contribution is 0.0976. The molecular formula is C16H16FNO3. The maximum absolute atomic E-state index is 13.4. The van der Waals surface area contributed by atoms with Crippen molar-refractivity contribution >= 4 is 0 Å². The Morgan fingerprint density at radius 3 is 2.90 bits per heavy atom. The van der Waals surface area contributed by atoms with Crippen molar-refractivity contribution in [3.63, 3.8) is 0 Å². The summed E-state index contributed by atoms with van der Waals surface area (Å²) in [4.78, 5) is 0. The molecule has 0 unspecified atom stereocenters. The zero-order valence-electron chi connectivity index (χ0n) is 11.6. The van der Waals surface area contributed by atoms with Crippen LogP contribution in [0.25, 0.3) is 11.1 Å². The van der Waals surface area contributed by atoms with Crippen LogP contribution in [-0.2, 0) is 0 Å². The maximum atomic E-state index is 13.4. The van der Waals surface area contributed by atoms with E-state index < -0.39 is 0 Å². The van der Waals surface area contributed by atoms with Crippen LogP contribution in [0.5, 0.6) is 17.2 Å². The van der Waals surface area contributed by atoms with Gasteiger partial charge < -0.3 is 19.9 Å². The fourth-order valence-corrected chi connectivity index (χ4v) is 2.35. The molecule has 2 N–H and O–H groups in total. The third kappa shape index (κ3) is 2.52. The normalized spacial score (nSPS) is 16.6. The van der Waals surface area contributed by atoms with Crippen molar-refractivity contribution in [1.82, 2.24) is 0 Å². The van der Waals surface area contributed by atoms with Gasteiger partial charge in [-0.3, -0.25) is 0 Å². The van der Waals surface area contributed by atoms with Gasteiger partial charge in [-0.25, -0.2) is 4.39 Å². The average Bonchev–Trinajstić information content (AvgIpc) is 2.53. The molecule has 1 heterocycles. The molecule has 2 aromatic carbocycles. The molecule has 0 amide bonds. The predicted octanol–water partition coefficient (Wildman–Crippen LogP) is 2.60. The van der Waals surface area contributed by atoms with Crippen LogP contribution >= 0.6 is 0 Å². The highest BCUT2D eigenvalue weighted by molar-refractivity contribution is 5.78. The molecule has 0 aromatic heterocycles. The molecular weight excluding hydrogens is 273 g/mol. The number of fused-ring (bicyclic) bond motifs is 1. The van der Waals surface area contributed by atoms with E-state index in [1.54, 1.807) is 6.07 Å². The quantitative estimate of drug-likeness (QED) is 0.943. The first-order chi connectivity index (χ1) is 10.2. The van der Waals surface area contributed by atoms with Crippen LogP contribution in [0.2, 0.25) is 0 Å². The Kier molecular flexibility index (Phi) is 3.66. The summed E-state index contributed by atoms with van der Waals surface area (Å²) in [5, 5.41) is 0.